The first-order valence-electron chi connectivity index (χ1n) is 10.5. The van der Waals surface area contributed by atoms with Gasteiger partial charge in [0.05, 0.1) is 7.11 Å². The summed E-state index contributed by atoms with van der Waals surface area (Å²) in [4.78, 5) is 17.0. The highest BCUT2D eigenvalue weighted by Gasteiger charge is 2.37. The zero-order valence-corrected chi connectivity index (χ0v) is 18.6. The smallest absolute Gasteiger partial charge is 0.317 e. The summed E-state index contributed by atoms with van der Waals surface area (Å²) in [5.74, 6) is 1.39. The number of benzene rings is 1. The van der Waals surface area contributed by atoms with Gasteiger partial charge in [-0.1, -0.05) is 11.6 Å². The predicted molar refractivity (Wildman–Crippen MR) is 116 cm³/mol. The van der Waals surface area contributed by atoms with Crippen LogP contribution in [0.5, 0.6) is 5.75 Å². The molecule has 1 aromatic rings. The zero-order valence-electron chi connectivity index (χ0n) is 17.9. The Kier molecular flexibility index (Phi) is 7.66. The van der Waals surface area contributed by atoms with E-state index in [4.69, 9.17) is 21.1 Å². The van der Waals surface area contributed by atoms with Gasteiger partial charge in [-0.15, -0.1) is 0 Å². The van der Waals surface area contributed by atoms with Gasteiger partial charge in [0.1, 0.15) is 5.75 Å². The van der Waals surface area contributed by atoms with E-state index in [0.717, 1.165) is 56.6 Å². The largest absolute Gasteiger partial charge is 0.496 e. The average Bonchev–Trinajstić information content (AvgIpc) is 2.74. The van der Waals surface area contributed by atoms with Crippen LogP contribution in [-0.2, 0) is 10.2 Å². The van der Waals surface area contributed by atoms with Crippen molar-refractivity contribution in [2.75, 3.05) is 60.6 Å². The summed E-state index contributed by atoms with van der Waals surface area (Å²) in [5, 5.41) is 3.86. The molecule has 2 saturated heterocycles. The molecule has 0 spiro atoms. The maximum absolute atomic E-state index is 12.8. The summed E-state index contributed by atoms with van der Waals surface area (Å²) in [7, 11) is 5.72. The number of hydrogen-bond acceptors (Lipinski definition) is 4. The quantitative estimate of drug-likeness (QED) is 0.762. The molecule has 0 radical (unpaired) electrons. The lowest BCUT2D eigenvalue weighted by Gasteiger charge is -2.39. The topological polar surface area (TPSA) is 54.0 Å². The van der Waals surface area contributed by atoms with Crippen LogP contribution in [0.4, 0.5) is 4.79 Å². The normalized spacial score (nSPS) is 20.3. The molecule has 0 bridgehead atoms. The molecule has 2 fully saturated rings. The number of hydrogen-bond donors (Lipinski definition) is 1. The van der Waals surface area contributed by atoms with Crippen molar-refractivity contribution in [2.45, 2.75) is 31.1 Å². The predicted octanol–water partition coefficient (Wildman–Crippen LogP) is 3.38. The van der Waals surface area contributed by atoms with E-state index in [1.165, 1.54) is 0 Å². The van der Waals surface area contributed by atoms with Crippen LogP contribution < -0.4 is 10.1 Å². The minimum Gasteiger partial charge on any atom is -0.496 e. The van der Waals surface area contributed by atoms with Gasteiger partial charge in [-0.2, -0.15) is 0 Å². The van der Waals surface area contributed by atoms with Crippen LogP contribution in [0.1, 0.15) is 31.2 Å². The van der Waals surface area contributed by atoms with Crippen molar-refractivity contribution < 1.29 is 14.3 Å². The highest BCUT2D eigenvalue weighted by Crippen LogP contribution is 2.40. The molecule has 0 atom stereocenters. The number of rotatable bonds is 6. The Labute approximate surface area is 179 Å². The second-order valence-electron chi connectivity index (χ2n) is 8.52. The molecule has 0 unspecified atom stereocenters. The van der Waals surface area contributed by atoms with Gasteiger partial charge in [0.25, 0.3) is 0 Å². The van der Waals surface area contributed by atoms with Crippen molar-refractivity contribution >= 4 is 17.6 Å². The first kappa shape index (κ1) is 22.2. The molecular weight excluding hydrogens is 390 g/mol. The molecule has 2 aliphatic heterocycles. The molecule has 0 saturated carbocycles. The van der Waals surface area contributed by atoms with Crippen molar-refractivity contribution in [3.8, 4) is 5.75 Å². The second kappa shape index (κ2) is 10.0. The number of nitrogens with zero attached hydrogens (tertiary/aromatic N) is 2. The van der Waals surface area contributed by atoms with E-state index in [1.807, 2.05) is 30.1 Å². The molecule has 162 valence electrons. The van der Waals surface area contributed by atoms with Gasteiger partial charge >= 0.3 is 6.03 Å². The average molecular weight is 424 g/mol. The SMILES string of the molecule is COc1ccc(Cl)cc1C1(CNC(=O)N(C)CC2CCN(C)CC2)CCOCC1. The molecule has 1 N–H and O–H groups in total. The van der Waals surface area contributed by atoms with E-state index >= 15 is 0 Å². The number of nitrogens with one attached hydrogen (secondary N) is 1. The van der Waals surface area contributed by atoms with Crippen LogP contribution >= 0.6 is 11.6 Å². The Morgan fingerprint density at radius 2 is 2.03 bits per heavy atom. The molecule has 3 rings (SSSR count). The van der Waals surface area contributed by atoms with E-state index < -0.39 is 0 Å². The Hall–Kier alpha value is -1.50. The number of likely N-dealkylation sites (tertiary alicyclic amines) is 1. The number of methoxy groups -OCH3 is 1. The van der Waals surface area contributed by atoms with E-state index in [0.29, 0.717) is 30.7 Å². The fourth-order valence-electron chi connectivity index (χ4n) is 4.49. The molecule has 7 heteroatoms. The molecule has 29 heavy (non-hydrogen) atoms. The van der Waals surface area contributed by atoms with Crippen molar-refractivity contribution in [1.82, 2.24) is 15.1 Å². The third kappa shape index (κ3) is 5.56. The fourth-order valence-corrected chi connectivity index (χ4v) is 4.66. The molecular formula is C22H34ClN3O3. The summed E-state index contributed by atoms with van der Waals surface area (Å²) >= 11 is 6.30. The first-order chi connectivity index (χ1) is 13.9. The third-order valence-electron chi connectivity index (χ3n) is 6.48. The number of carbonyl (C=O) groups excluding carboxylic acids is 1. The molecule has 0 aliphatic carbocycles. The number of ether oxygens (including phenoxy) is 2. The summed E-state index contributed by atoms with van der Waals surface area (Å²) in [6.07, 6.45) is 3.94. The lowest BCUT2D eigenvalue weighted by Crippen LogP contribution is -2.49. The molecule has 2 aliphatic rings. The third-order valence-corrected chi connectivity index (χ3v) is 6.71. The van der Waals surface area contributed by atoms with Crippen molar-refractivity contribution in [1.29, 1.82) is 0 Å². The van der Waals surface area contributed by atoms with E-state index in [9.17, 15) is 4.79 Å². The van der Waals surface area contributed by atoms with E-state index in [1.54, 1.807) is 7.11 Å². The van der Waals surface area contributed by atoms with Crippen molar-refractivity contribution in [3.63, 3.8) is 0 Å². The Morgan fingerprint density at radius 1 is 1.34 bits per heavy atom. The second-order valence-corrected chi connectivity index (χ2v) is 8.96. The van der Waals surface area contributed by atoms with Crippen molar-refractivity contribution in [2.24, 2.45) is 5.92 Å². The lowest BCUT2D eigenvalue weighted by molar-refractivity contribution is 0.0493. The van der Waals surface area contributed by atoms with Gasteiger partial charge in [-0.3, -0.25) is 0 Å². The van der Waals surface area contributed by atoms with E-state index in [-0.39, 0.29) is 11.4 Å². The van der Waals surface area contributed by atoms with Crippen molar-refractivity contribution in [3.05, 3.63) is 28.8 Å². The number of piperidine rings is 1. The highest BCUT2D eigenvalue weighted by molar-refractivity contribution is 6.30. The molecule has 1 aromatic carbocycles. The number of carbonyl (C=O) groups is 1. The minimum absolute atomic E-state index is 0.0178. The van der Waals surface area contributed by atoms with Crippen LogP contribution in [0.3, 0.4) is 0 Å². The Balaban J connectivity index is 1.66. The van der Waals surface area contributed by atoms with Gasteiger partial charge in [0.15, 0.2) is 0 Å². The standard InChI is InChI=1S/C22H34ClN3O3/c1-25-10-6-17(7-11-25)15-26(2)21(27)24-16-22(8-12-29-13-9-22)19-14-18(23)4-5-20(19)28-3/h4-5,14,17H,6-13,15-16H2,1-3H3,(H,24,27). The van der Waals surface area contributed by atoms with Gasteiger partial charge in [0, 0.05) is 49.4 Å². The van der Waals surface area contributed by atoms with Gasteiger partial charge < -0.3 is 24.6 Å². The van der Waals surface area contributed by atoms with Gasteiger partial charge in [-0.05, 0) is 69.9 Å². The molecule has 2 heterocycles. The molecule has 6 nitrogen and oxygen atoms in total. The number of halogens is 1. The Morgan fingerprint density at radius 3 is 2.69 bits per heavy atom. The van der Waals surface area contributed by atoms with Crippen LogP contribution in [0, 0.1) is 5.92 Å². The summed E-state index contributed by atoms with van der Waals surface area (Å²) < 4.78 is 11.2. The fraction of sp³-hybridized carbons (Fsp3) is 0.682. The maximum atomic E-state index is 12.8. The van der Waals surface area contributed by atoms with Crippen LogP contribution in [0.15, 0.2) is 18.2 Å². The molecule has 0 aromatic heterocycles. The minimum atomic E-state index is -0.238. The van der Waals surface area contributed by atoms with Crippen LogP contribution in [0.2, 0.25) is 5.02 Å². The molecule has 2 amide bonds. The van der Waals surface area contributed by atoms with Gasteiger partial charge in [-0.25, -0.2) is 4.79 Å². The number of urea groups is 1. The van der Waals surface area contributed by atoms with E-state index in [2.05, 4.69) is 17.3 Å². The summed E-state index contributed by atoms with van der Waals surface area (Å²) in [6.45, 7) is 4.89. The lowest BCUT2D eigenvalue weighted by atomic mass is 9.73. The van der Waals surface area contributed by atoms with Crippen LogP contribution in [0.25, 0.3) is 0 Å². The summed E-state index contributed by atoms with van der Waals surface area (Å²) in [5.41, 5.74) is 0.813. The highest BCUT2D eigenvalue weighted by atomic mass is 35.5. The van der Waals surface area contributed by atoms with Crippen LogP contribution in [-0.4, -0.2) is 76.4 Å². The first-order valence-corrected chi connectivity index (χ1v) is 10.9. The Bertz CT molecular complexity index is 686. The monoisotopic (exact) mass is 423 g/mol. The zero-order chi connectivity index (χ0) is 20.9. The maximum Gasteiger partial charge on any atom is 0.317 e. The number of amides is 2. The van der Waals surface area contributed by atoms with Gasteiger partial charge in [0.2, 0.25) is 0 Å². The summed E-state index contributed by atoms with van der Waals surface area (Å²) in [6, 6.07) is 5.70.